The van der Waals surface area contributed by atoms with Crippen molar-refractivity contribution in [2.45, 2.75) is 4.83 Å². The van der Waals surface area contributed by atoms with Gasteiger partial charge in [-0.15, -0.1) is 0 Å². The van der Waals surface area contributed by atoms with Gasteiger partial charge in [0.05, 0.1) is 4.83 Å². The average molecular weight is 455 g/mol. The summed E-state index contributed by atoms with van der Waals surface area (Å²) in [5.74, 6) is 0. The molecule has 1 unspecified atom stereocenters. The third kappa shape index (κ3) is 2.85. The zero-order valence-electron chi connectivity index (χ0n) is 10.5. The topological polar surface area (TPSA) is 0 Å². The van der Waals surface area contributed by atoms with Crippen molar-refractivity contribution >= 4 is 58.6 Å². The highest BCUT2D eigenvalue weighted by Crippen LogP contribution is 2.37. The van der Waals surface area contributed by atoms with Crippen LogP contribution in [0.25, 0.3) is 10.8 Å². The number of halogens is 3. The first kappa shape index (κ1) is 14.3. The van der Waals surface area contributed by atoms with Crippen LogP contribution in [0.15, 0.2) is 69.6 Å². The molecule has 0 aliphatic rings. The lowest BCUT2D eigenvalue weighted by Crippen LogP contribution is -1.94. The molecule has 0 bridgehead atoms. The minimum Gasteiger partial charge on any atom is -0.0786 e. The molecule has 0 aliphatic heterocycles. The molecule has 3 aromatic rings. The molecule has 0 saturated carbocycles. The molecule has 0 N–H and O–H groups in total. The van der Waals surface area contributed by atoms with Gasteiger partial charge in [0, 0.05) is 8.95 Å². The molecular weight excluding hydrogens is 444 g/mol. The van der Waals surface area contributed by atoms with Crippen LogP contribution < -0.4 is 0 Å². The predicted molar refractivity (Wildman–Crippen MR) is 96.6 cm³/mol. The molecule has 0 radical (unpaired) electrons. The Morgan fingerprint density at radius 2 is 1.50 bits per heavy atom. The summed E-state index contributed by atoms with van der Waals surface area (Å²) in [6.45, 7) is 0. The van der Waals surface area contributed by atoms with Gasteiger partial charge in [-0.25, -0.2) is 0 Å². The molecule has 0 saturated heterocycles. The maximum atomic E-state index is 3.81. The van der Waals surface area contributed by atoms with Crippen molar-refractivity contribution in [3.8, 4) is 0 Å². The Morgan fingerprint density at radius 1 is 0.750 bits per heavy atom. The monoisotopic (exact) mass is 452 g/mol. The Balaban J connectivity index is 2.07. The number of rotatable bonds is 2. The van der Waals surface area contributed by atoms with E-state index >= 15 is 0 Å². The van der Waals surface area contributed by atoms with E-state index in [0.717, 1.165) is 8.95 Å². The van der Waals surface area contributed by atoms with Crippen LogP contribution in [0, 0.1) is 0 Å². The van der Waals surface area contributed by atoms with Crippen molar-refractivity contribution in [1.29, 1.82) is 0 Å². The van der Waals surface area contributed by atoms with E-state index in [0.29, 0.717) is 0 Å². The first-order chi connectivity index (χ1) is 9.65. The van der Waals surface area contributed by atoms with Gasteiger partial charge in [0.25, 0.3) is 0 Å². The van der Waals surface area contributed by atoms with Gasteiger partial charge in [-0.3, -0.25) is 0 Å². The smallest absolute Gasteiger partial charge is 0.0656 e. The highest BCUT2D eigenvalue weighted by atomic mass is 79.9. The van der Waals surface area contributed by atoms with Crippen molar-refractivity contribution in [3.05, 3.63) is 80.7 Å². The summed E-state index contributed by atoms with van der Waals surface area (Å²) >= 11 is 11.0. The van der Waals surface area contributed by atoms with E-state index < -0.39 is 0 Å². The van der Waals surface area contributed by atoms with Crippen molar-refractivity contribution < 1.29 is 0 Å². The van der Waals surface area contributed by atoms with E-state index in [9.17, 15) is 0 Å². The fraction of sp³-hybridized carbons (Fsp3) is 0.0588. The van der Waals surface area contributed by atoms with Gasteiger partial charge in [0.2, 0.25) is 0 Å². The second-order valence-electron chi connectivity index (χ2n) is 4.63. The number of alkyl halides is 1. The van der Waals surface area contributed by atoms with E-state index in [1.54, 1.807) is 0 Å². The van der Waals surface area contributed by atoms with Crippen LogP contribution in [0.2, 0.25) is 0 Å². The fourth-order valence-corrected chi connectivity index (χ4v) is 4.08. The zero-order valence-corrected chi connectivity index (χ0v) is 15.2. The van der Waals surface area contributed by atoms with E-state index in [4.69, 9.17) is 0 Å². The summed E-state index contributed by atoms with van der Waals surface area (Å²) in [7, 11) is 0. The molecule has 0 spiro atoms. The minimum atomic E-state index is 0.166. The molecule has 0 fully saturated rings. The fourth-order valence-electron chi connectivity index (χ4n) is 2.25. The molecule has 1 atom stereocenters. The molecule has 3 rings (SSSR count). The van der Waals surface area contributed by atoms with Crippen LogP contribution in [0.1, 0.15) is 16.0 Å². The van der Waals surface area contributed by atoms with Crippen molar-refractivity contribution in [3.63, 3.8) is 0 Å². The van der Waals surface area contributed by atoms with Crippen LogP contribution in [0.3, 0.4) is 0 Å². The van der Waals surface area contributed by atoms with E-state index in [-0.39, 0.29) is 4.83 Å². The van der Waals surface area contributed by atoms with Crippen LogP contribution in [-0.2, 0) is 0 Å². The van der Waals surface area contributed by atoms with Crippen LogP contribution in [-0.4, -0.2) is 0 Å². The van der Waals surface area contributed by atoms with Crippen LogP contribution in [0.5, 0.6) is 0 Å². The second-order valence-corrected chi connectivity index (χ2v) is 7.32. The Hall–Kier alpha value is -0.640. The Kier molecular flexibility index (Phi) is 4.29. The molecule has 3 aromatic carbocycles. The van der Waals surface area contributed by atoms with Gasteiger partial charge in [-0.2, -0.15) is 0 Å². The maximum Gasteiger partial charge on any atom is 0.0656 e. The van der Waals surface area contributed by atoms with Crippen LogP contribution in [0.4, 0.5) is 0 Å². The van der Waals surface area contributed by atoms with Crippen molar-refractivity contribution in [1.82, 2.24) is 0 Å². The van der Waals surface area contributed by atoms with Gasteiger partial charge in [-0.1, -0.05) is 84.2 Å². The zero-order chi connectivity index (χ0) is 14.1. The normalized spacial score (nSPS) is 12.6. The Morgan fingerprint density at radius 3 is 2.30 bits per heavy atom. The van der Waals surface area contributed by atoms with Gasteiger partial charge in [0.1, 0.15) is 0 Å². The standard InChI is InChI=1S/C17H11Br3/c18-14-7-8-16(19)15(10-14)17(20)13-6-5-11-3-1-2-4-12(11)9-13/h1-10,17H. The number of hydrogen-bond donors (Lipinski definition) is 0. The quantitative estimate of drug-likeness (QED) is 0.371. The summed E-state index contributed by atoms with van der Waals surface area (Å²) < 4.78 is 2.19. The Bertz CT molecular complexity index is 765. The summed E-state index contributed by atoms with van der Waals surface area (Å²) in [5, 5.41) is 2.53. The molecule has 3 heteroatoms. The molecule has 100 valence electrons. The lowest BCUT2D eigenvalue weighted by atomic mass is 10.0. The first-order valence-electron chi connectivity index (χ1n) is 6.23. The molecule has 20 heavy (non-hydrogen) atoms. The summed E-state index contributed by atoms with van der Waals surface area (Å²) in [4.78, 5) is 0.166. The summed E-state index contributed by atoms with van der Waals surface area (Å²) in [6.07, 6.45) is 0. The number of fused-ring (bicyclic) bond motifs is 1. The Labute approximate surface area is 143 Å². The summed E-state index contributed by atoms with van der Waals surface area (Å²) in [5.41, 5.74) is 2.47. The van der Waals surface area contributed by atoms with Crippen LogP contribution >= 0.6 is 47.8 Å². The van der Waals surface area contributed by atoms with Gasteiger partial charge in [-0.05, 0) is 46.2 Å². The predicted octanol–water partition coefficient (Wildman–Crippen LogP) is 6.85. The first-order valence-corrected chi connectivity index (χ1v) is 8.73. The lowest BCUT2D eigenvalue weighted by molar-refractivity contribution is 1.17. The van der Waals surface area contributed by atoms with Crippen molar-refractivity contribution in [2.24, 2.45) is 0 Å². The van der Waals surface area contributed by atoms with Gasteiger partial charge < -0.3 is 0 Å². The summed E-state index contributed by atoms with van der Waals surface area (Å²) in [6, 6.07) is 21.2. The van der Waals surface area contributed by atoms with E-state index in [1.165, 1.54) is 21.9 Å². The molecular formula is C17H11Br3. The molecule has 0 aliphatic carbocycles. The average Bonchev–Trinajstić information content (AvgIpc) is 2.48. The molecule has 0 nitrogen and oxygen atoms in total. The minimum absolute atomic E-state index is 0.166. The van der Waals surface area contributed by atoms with E-state index in [2.05, 4.69) is 102 Å². The second kappa shape index (κ2) is 6.00. The molecule has 0 heterocycles. The molecule has 0 aromatic heterocycles. The largest absolute Gasteiger partial charge is 0.0786 e. The highest BCUT2D eigenvalue weighted by molar-refractivity contribution is 9.11. The highest BCUT2D eigenvalue weighted by Gasteiger charge is 2.14. The van der Waals surface area contributed by atoms with Gasteiger partial charge >= 0.3 is 0 Å². The maximum absolute atomic E-state index is 3.81. The molecule has 0 amide bonds. The third-order valence-corrected chi connectivity index (χ3v) is 5.53. The van der Waals surface area contributed by atoms with Crippen molar-refractivity contribution in [2.75, 3.05) is 0 Å². The number of benzene rings is 3. The van der Waals surface area contributed by atoms with Gasteiger partial charge in [0.15, 0.2) is 0 Å². The van der Waals surface area contributed by atoms with E-state index in [1.807, 2.05) is 6.07 Å². The third-order valence-electron chi connectivity index (χ3n) is 3.30. The lowest BCUT2D eigenvalue weighted by Gasteiger charge is -2.14. The number of hydrogen-bond acceptors (Lipinski definition) is 0. The SMILES string of the molecule is Brc1ccc(Br)c(C(Br)c2ccc3ccccc3c2)c1.